The first-order chi connectivity index (χ1) is 20.2. The first-order valence-corrected chi connectivity index (χ1v) is 13.7. The van der Waals surface area contributed by atoms with E-state index < -0.39 is 24.0 Å². The third-order valence-electron chi connectivity index (χ3n) is 7.08. The zero-order valence-electron chi connectivity index (χ0n) is 22.6. The van der Waals surface area contributed by atoms with Crippen LogP contribution in [-0.4, -0.2) is 49.6 Å². The molecule has 1 saturated heterocycles. The Morgan fingerprint density at radius 2 is 1.71 bits per heavy atom. The zero-order valence-corrected chi connectivity index (χ0v) is 23.4. The minimum atomic E-state index is -1.25. The van der Waals surface area contributed by atoms with Crippen molar-refractivity contribution < 1.29 is 29.0 Å². The smallest absolute Gasteiger partial charge is 0.335 e. The van der Waals surface area contributed by atoms with Gasteiger partial charge in [0.15, 0.2) is 5.11 Å². The molecular formula is C31H28N4O6S. The van der Waals surface area contributed by atoms with Crippen LogP contribution in [0.25, 0.3) is 11.3 Å². The third-order valence-corrected chi connectivity index (χ3v) is 7.43. The molecule has 4 aromatic rings. The maximum atomic E-state index is 13.0. The maximum Gasteiger partial charge on any atom is 0.335 e. The summed E-state index contributed by atoms with van der Waals surface area (Å²) in [6.45, 7) is 2.31. The number of carbonyl (C=O) groups excluding carboxylic acids is 1. The fourth-order valence-corrected chi connectivity index (χ4v) is 5.36. The number of hydrogen-bond acceptors (Lipinski definition) is 6. The number of carbonyl (C=O) groups is 3. The van der Waals surface area contributed by atoms with Gasteiger partial charge in [-0.15, -0.1) is 0 Å². The molecule has 1 fully saturated rings. The number of nitrogens with one attached hydrogen (secondary N) is 2. The van der Waals surface area contributed by atoms with E-state index in [1.54, 1.807) is 18.3 Å². The van der Waals surface area contributed by atoms with Crippen molar-refractivity contribution >= 4 is 40.9 Å². The molecule has 0 aliphatic carbocycles. The Labute approximate surface area is 247 Å². The van der Waals surface area contributed by atoms with E-state index in [9.17, 15) is 24.6 Å². The molecule has 11 heteroatoms. The minimum absolute atomic E-state index is 0.154. The van der Waals surface area contributed by atoms with Crippen LogP contribution in [0.3, 0.4) is 0 Å². The van der Waals surface area contributed by atoms with Gasteiger partial charge in [-0.25, -0.2) is 9.59 Å². The number of aryl methyl sites for hydroxylation is 1. The molecule has 2 aromatic heterocycles. The molecule has 214 valence electrons. The fourth-order valence-electron chi connectivity index (χ4n) is 5.02. The van der Waals surface area contributed by atoms with Crippen LogP contribution < -0.4 is 10.6 Å². The second-order valence-corrected chi connectivity index (χ2v) is 10.1. The molecule has 0 radical (unpaired) electrons. The number of benzene rings is 2. The lowest BCUT2D eigenvalue weighted by Gasteiger charge is -2.26. The van der Waals surface area contributed by atoms with Gasteiger partial charge in [-0.05, 0) is 72.7 Å². The molecule has 10 nitrogen and oxygen atoms in total. The van der Waals surface area contributed by atoms with Gasteiger partial charge in [-0.1, -0.05) is 31.2 Å². The Morgan fingerprint density at radius 1 is 1.00 bits per heavy atom. The number of furan rings is 1. The van der Waals surface area contributed by atoms with Crippen molar-refractivity contribution in [3.63, 3.8) is 0 Å². The molecule has 1 amide bonds. The first kappa shape index (κ1) is 28.5. The van der Waals surface area contributed by atoms with Crippen LogP contribution in [0.2, 0.25) is 0 Å². The Balaban J connectivity index is 1.44. The topological polar surface area (TPSA) is 145 Å². The summed E-state index contributed by atoms with van der Waals surface area (Å²) < 4.78 is 6.23. The van der Waals surface area contributed by atoms with E-state index in [1.165, 1.54) is 12.1 Å². The number of rotatable bonds is 10. The van der Waals surface area contributed by atoms with Crippen molar-refractivity contribution in [2.45, 2.75) is 31.8 Å². The molecule has 0 spiro atoms. The number of aromatic nitrogens is 1. The van der Waals surface area contributed by atoms with Gasteiger partial charge in [-0.3, -0.25) is 9.78 Å². The van der Waals surface area contributed by atoms with Gasteiger partial charge < -0.3 is 30.2 Å². The van der Waals surface area contributed by atoms with E-state index in [4.69, 9.17) is 16.6 Å². The van der Waals surface area contributed by atoms with E-state index in [0.717, 1.165) is 23.7 Å². The molecule has 42 heavy (non-hydrogen) atoms. The molecule has 0 saturated carbocycles. The Hall–Kier alpha value is -5.03. The number of hydrogen-bond donors (Lipinski definition) is 4. The number of nitrogens with zero attached hydrogens (tertiary/aromatic N) is 2. The average Bonchev–Trinajstić information content (AvgIpc) is 3.61. The number of carboxylic acid groups (broad SMARTS) is 2. The first-order valence-electron chi connectivity index (χ1n) is 13.3. The van der Waals surface area contributed by atoms with Gasteiger partial charge in [0.25, 0.3) is 0 Å². The van der Waals surface area contributed by atoms with Crippen LogP contribution >= 0.6 is 12.2 Å². The normalized spacial score (nSPS) is 16.2. The lowest BCUT2D eigenvalue weighted by molar-refractivity contribution is -0.116. The molecule has 1 aliphatic rings. The number of anilines is 1. The minimum Gasteiger partial charge on any atom is -0.478 e. The predicted octanol–water partition coefficient (Wildman–Crippen LogP) is 5.30. The number of carboxylic acids is 2. The summed E-state index contributed by atoms with van der Waals surface area (Å²) in [5.41, 5.74) is 2.49. The largest absolute Gasteiger partial charge is 0.478 e. The van der Waals surface area contributed by atoms with Gasteiger partial charge in [0.1, 0.15) is 17.6 Å². The van der Waals surface area contributed by atoms with Gasteiger partial charge in [0.05, 0.1) is 22.9 Å². The highest BCUT2D eigenvalue weighted by atomic mass is 32.1. The monoisotopic (exact) mass is 584 g/mol. The highest BCUT2D eigenvalue weighted by Crippen LogP contribution is 2.40. The Kier molecular flexibility index (Phi) is 8.30. The summed E-state index contributed by atoms with van der Waals surface area (Å²) in [5, 5.41) is 25.7. The fraction of sp³-hybridized carbons (Fsp3) is 0.194. The average molecular weight is 585 g/mol. The van der Waals surface area contributed by atoms with Crippen molar-refractivity contribution in [2.75, 3.05) is 11.9 Å². The van der Waals surface area contributed by atoms with Crippen LogP contribution in [0, 0.1) is 0 Å². The second-order valence-electron chi connectivity index (χ2n) is 9.74. The van der Waals surface area contributed by atoms with Crippen molar-refractivity contribution in [3.8, 4) is 11.3 Å². The van der Waals surface area contributed by atoms with E-state index in [0.29, 0.717) is 27.9 Å². The van der Waals surface area contributed by atoms with Gasteiger partial charge >= 0.3 is 11.9 Å². The number of aromatic carboxylic acids is 2. The quantitative estimate of drug-likeness (QED) is 0.181. The molecule has 1 aliphatic heterocycles. The zero-order chi connectivity index (χ0) is 29.8. The number of thiocarbonyl (C=S) groups is 1. The maximum absolute atomic E-state index is 13.0. The lowest BCUT2D eigenvalue weighted by Crippen LogP contribution is -2.32. The van der Waals surface area contributed by atoms with E-state index in [2.05, 4.69) is 15.6 Å². The molecule has 5 rings (SSSR count). The SMILES string of the molecule is CCc1ccccc1NC(=O)CCN1C(=S)N[C@@H](c2ccccn2)[C@H]1c1ccc(-c2cc(C(=O)O)cc(C(=O)O)c2)o1. The molecule has 2 atom stereocenters. The number of amides is 1. The number of pyridine rings is 1. The predicted molar refractivity (Wildman–Crippen MR) is 159 cm³/mol. The number of para-hydroxylation sites is 1. The van der Waals surface area contributed by atoms with Crippen LogP contribution in [-0.2, 0) is 11.2 Å². The summed E-state index contributed by atoms with van der Waals surface area (Å²) in [6, 6.07) is 19.5. The van der Waals surface area contributed by atoms with Crippen LogP contribution in [0.5, 0.6) is 0 Å². The van der Waals surface area contributed by atoms with Crippen molar-refractivity contribution in [2.24, 2.45) is 0 Å². The van der Waals surface area contributed by atoms with Gasteiger partial charge in [0, 0.05) is 30.4 Å². The molecular weight excluding hydrogens is 556 g/mol. The Morgan fingerprint density at radius 3 is 2.38 bits per heavy atom. The molecule has 0 bridgehead atoms. The highest BCUT2D eigenvalue weighted by molar-refractivity contribution is 7.80. The summed E-state index contributed by atoms with van der Waals surface area (Å²) in [5.74, 6) is -1.88. The van der Waals surface area contributed by atoms with Crippen molar-refractivity contribution in [1.82, 2.24) is 15.2 Å². The third kappa shape index (κ3) is 6.01. The van der Waals surface area contributed by atoms with Gasteiger partial charge in [-0.2, -0.15) is 0 Å². The van der Waals surface area contributed by atoms with Gasteiger partial charge in [0.2, 0.25) is 5.91 Å². The standard InChI is InChI=1S/C31H28N4O6S/c1-2-18-7-3-4-8-22(18)33-26(36)12-14-35-28(27(34-31(35)42)23-9-5-6-13-32-23)25-11-10-24(41-25)19-15-20(29(37)38)17-21(16-19)30(39)40/h3-11,13,15-17,27-28H,2,12,14H2,1H3,(H,33,36)(H,34,42)(H,37,38)(H,39,40)/t27-,28+/m0/s1. The van der Waals surface area contributed by atoms with Crippen molar-refractivity contribution in [3.05, 3.63) is 107 Å². The highest BCUT2D eigenvalue weighted by Gasteiger charge is 2.41. The van der Waals surface area contributed by atoms with E-state index in [1.807, 2.05) is 54.3 Å². The molecule has 2 aromatic carbocycles. The van der Waals surface area contributed by atoms with Crippen LogP contribution in [0.4, 0.5) is 5.69 Å². The van der Waals surface area contributed by atoms with Crippen molar-refractivity contribution in [1.29, 1.82) is 0 Å². The summed E-state index contributed by atoms with van der Waals surface area (Å²) in [4.78, 5) is 42.6. The summed E-state index contributed by atoms with van der Waals surface area (Å²) >= 11 is 5.69. The van der Waals surface area contributed by atoms with E-state index in [-0.39, 0.29) is 30.0 Å². The van der Waals surface area contributed by atoms with Crippen LogP contribution in [0.1, 0.15) is 63.2 Å². The second kappa shape index (κ2) is 12.2. The Bertz CT molecular complexity index is 1620. The summed E-state index contributed by atoms with van der Waals surface area (Å²) in [6.07, 6.45) is 2.62. The molecule has 4 N–H and O–H groups in total. The molecule has 0 unspecified atom stereocenters. The van der Waals surface area contributed by atoms with E-state index >= 15 is 0 Å². The molecule has 3 heterocycles. The van der Waals surface area contributed by atoms with Crippen LogP contribution in [0.15, 0.2) is 83.4 Å². The summed E-state index contributed by atoms with van der Waals surface area (Å²) in [7, 11) is 0. The lowest BCUT2D eigenvalue weighted by atomic mass is 10.0.